The lowest BCUT2D eigenvalue weighted by Crippen LogP contribution is -2.44. The summed E-state index contributed by atoms with van der Waals surface area (Å²) in [7, 11) is 0. The molecule has 0 unspecified atom stereocenters. The topological polar surface area (TPSA) is 86.0 Å². The van der Waals surface area contributed by atoms with Crippen LogP contribution in [0.15, 0.2) is 33.5 Å². The van der Waals surface area contributed by atoms with Crippen molar-refractivity contribution < 1.29 is 23.5 Å². The van der Waals surface area contributed by atoms with Gasteiger partial charge in [0, 0.05) is 24.1 Å². The standard InChI is InChI=1S/C20H23NO6/c1-12-10-17(22)26-16-11-13(7-8-14(12)16)25-18(23)15-6-5-9-21(15)19(24)27-20(2,3)4/h7-8,10-11,15H,5-6,9H2,1-4H3/t15-/m0/s1. The van der Waals surface area contributed by atoms with Gasteiger partial charge in [-0.25, -0.2) is 14.4 Å². The van der Waals surface area contributed by atoms with E-state index in [-0.39, 0.29) is 5.75 Å². The number of fused-ring (bicyclic) bond motifs is 1. The van der Waals surface area contributed by atoms with Crippen molar-refractivity contribution in [2.75, 3.05) is 6.54 Å². The molecule has 0 saturated carbocycles. The summed E-state index contributed by atoms with van der Waals surface area (Å²) in [6, 6.07) is 5.59. The Morgan fingerprint density at radius 1 is 1.22 bits per heavy atom. The lowest BCUT2D eigenvalue weighted by Gasteiger charge is -2.27. The van der Waals surface area contributed by atoms with Gasteiger partial charge in [0.1, 0.15) is 23.0 Å². The first-order valence-electron chi connectivity index (χ1n) is 8.90. The van der Waals surface area contributed by atoms with Gasteiger partial charge in [0.15, 0.2) is 0 Å². The van der Waals surface area contributed by atoms with Crippen molar-refractivity contribution in [3.63, 3.8) is 0 Å². The number of amides is 1. The van der Waals surface area contributed by atoms with Crippen LogP contribution in [0.3, 0.4) is 0 Å². The van der Waals surface area contributed by atoms with Gasteiger partial charge in [0.25, 0.3) is 0 Å². The van der Waals surface area contributed by atoms with Crippen molar-refractivity contribution in [3.8, 4) is 5.75 Å². The molecule has 1 fully saturated rings. The van der Waals surface area contributed by atoms with Gasteiger partial charge < -0.3 is 13.9 Å². The van der Waals surface area contributed by atoms with E-state index in [9.17, 15) is 14.4 Å². The maximum atomic E-state index is 12.6. The Labute approximate surface area is 156 Å². The number of aryl methyl sites for hydroxylation is 1. The molecule has 1 aromatic carbocycles. The maximum absolute atomic E-state index is 12.6. The van der Waals surface area contributed by atoms with E-state index in [1.165, 1.54) is 17.0 Å². The highest BCUT2D eigenvalue weighted by Gasteiger charge is 2.37. The third-order valence-corrected chi connectivity index (χ3v) is 4.29. The van der Waals surface area contributed by atoms with Gasteiger partial charge in [0.2, 0.25) is 0 Å². The molecule has 1 aliphatic heterocycles. The summed E-state index contributed by atoms with van der Waals surface area (Å²) in [5.74, 6) is -0.273. The van der Waals surface area contributed by atoms with Crippen LogP contribution in [0.5, 0.6) is 5.75 Å². The number of nitrogens with zero attached hydrogens (tertiary/aromatic N) is 1. The Morgan fingerprint density at radius 3 is 2.67 bits per heavy atom. The van der Waals surface area contributed by atoms with Gasteiger partial charge in [-0.2, -0.15) is 0 Å². The summed E-state index contributed by atoms with van der Waals surface area (Å²) in [6.45, 7) is 7.58. The van der Waals surface area contributed by atoms with Crippen LogP contribution in [0, 0.1) is 6.92 Å². The lowest BCUT2D eigenvalue weighted by molar-refractivity contribution is -0.139. The molecule has 7 nitrogen and oxygen atoms in total. The largest absolute Gasteiger partial charge is 0.444 e. The number of esters is 1. The fraction of sp³-hybridized carbons (Fsp3) is 0.450. The van der Waals surface area contributed by atoms with Crippen LogP contribution in [-0.4, -0.2) is 35.2 Å². The third-order valence-electron chi connectivity index (χ3n) is 4.29. The zero-order chi connectivity index (χ0) is 19.8. The molecule has 1 saturated heterocycles. The summed E-state index contributed by atoms with van der Waals surface area (Å²) in [5.41, 5.74) is 0.0316. The molecule has 27 heavy (non-hydrogen) atoms. The van der Waals surface area contributed by atoms with Crippen LogP contribution in [0.25, 0.3) is 11.0 Å². The fourth-order valence-corrected chi connectivity index (χ4v) is 3.10. The quantitative estimate of drug-likeness (QED) is 0.456. The van der Waals surface area contributed by atoms with E-state index in [2.05, 4.69) is 0 Å². The van der Waals surface area contributed by atoms with Crippen LogP contribution in [0.1, 0.15) is 39.2 Å². The molecule has 144 valence electrons. The molecule has 2 heterocycles. The normalized spacial score (nSPS) is 17.2. The number of ether oxygens (including phenoxy) is 2. The summed E-state index contributed by atoms with van der Waals surface area (Å²) < 4.78 is 16.0. The molecule has 1 aromatic heterocycles. The predicted molar refractivity (Wildman–Crippen MR) is 98.8 cm³/mol. The van der Waals surface area contributed by atoms with E-state index >= 15 is 0 Å². The Bertz CT molecular complexity index is 940. The smallest absolute Gasteiger partial charge is 0.411 e. The van der Waals surface area contributed by atoms with Crippen molar-refractivity contribution >= 4 is 23.0 Å². The van der Waals surface area contributed by atoms with Gasteiger partial charge in [0.05, 0.1) is 0 Å². The Hall–Kier alpha value is -2.83. The van der Waals surface area contributed by atoms with E-state index in [0.717, 1.165) is 10.9 Å². The molecule has 1 amide bonds. The second-order valence-electron chi connectivity index (χ2n) is 7.66. The molecule has 3 rings (SSSR count). The molecule has 0 radical (unpaired) electrons. The predicted octanol–water partition coefficient (Wildman–Crippen LogP) is 3.41. The number of carbonyl (C=O) groups excluding carboxylic acids is 2. The van der Waals surface area contributed by atoms with Crippen molar-refractivity contribution in [1.29, 1.82) is 0 Å². The summed E-state index contributed by atoms with van der Waals surface area (Å²) in [6.07, 6.45) is 0.687. The summed E-state index contributed by atoms with van der Waals surface area (Å²) in [4.78, 5) is 37.9. The van der Waals surface area contributed by atoms with Crippen molar-refractivity contribution in [1.82, 2.24) is 4.90 Å². The molecule has 1 atom stereocenters. The average Bonchev–Trinajstić information content (AvgIpc) is 3.02. The highest BCUT2D eigenvalue weighted by molar-refractivity contribution is 5.85. The second-order valence-corrected chi connectivity index (χ2v) is 7.66. The van der Waals surface area contributed by atoms with Gasteiger partial charge in [-0.3, -0.25) is 4.90 Å². The third kappa shape index (κ3) is 4.30. The monoisotopic (exact) mass is 373 g/mol. The van der Waals surface area contributed by atoms with E-state index in [4.69, 9.17) is 13.9 Å². The first-order valence-corrected chi connectivity index (χ1v) is 8.90. The molecule has 0 aliphatic carbocycles. The van der Waals surface area contributed by atoms with E-state index in [1.54, 1.807) is 32.9 Å². The van der Waals surface area contributed by atoms with Crippen molar-refractivity contribution in [3.05, 3.63) is 40.2 Å². The number of likely N-dealkylation sites (tertiary alicyclic amines) is 1. The maximum Gasteiger partial charge on any atom is 0.411 e. The zero-order valence-corrected chi connectivity index (χ0v) is 15.9. The number of hydrogen-bond donors (Lipinski definition) is 0. The van der Waals surface area contributed by atoms with E-state index < -0.39 is 29.3 Å². The molecule has 1 aliphatic rings. The van der Waals surface area contributed by atoms with Gasteiger partial charge >= 0.3 is 17.7 Å². The number of rotatable bonds is 2. The molecule has 0 N–H and O–H groups in total. The molecule has 7 heteroatoms. The van der Waals surface area contributed by atoms with E-state index in [1.807, 2.05) is 6.92 Å². The van der Waals surface area contributed by atoms with E-state index in [0.29, 0.717) is 25.0 Å². The average molecular weight is 373 g/mol. The first-order chi connectivity index (χ1) is 12.6. The number of carbonyl (C=O) groups is 2. The van der Waals surface area contributed by atoms with Crippen LogP contribution in [0.4, 0.5) is 4.79 Å². The zero-order valence-electron chi connectivity index (χ0n) is 15.9. The SMILES string of the molecule is Cc1cc(=O)oc2cc(OC(=O)[C@@H]3CCCN3C(=O)OC(C)(C)C)ccc12. The van der Waals surface area contributed by atoms with Gasteiger partial charge in [-0.05, 0) is 58.2 Å². The van der Waals surface area contributed by atoms with Crippen LogP contribution in [0.2, 0.25) is 0 Å². The minimum atomic E-state index is -0.694. The number of benzene rings is 1. The number of hydrogen-bond acceptors (Lipinski definition) is 6. The Morgan fingerprint density at radius 2 is 1.96 bits per heavy atom. The molecular formula is C20H23NO6. The molecular weight excluding hydrogens is 350 g/mol. The lowest BCUT2D eigenvalue weighted by atomic mass is 10.1. The first kappa shape index (κ1) is 18.9. The van der Waals surface area contributed by atoms with Gasteiger partial charge in [-0.1, -0.05) is 0 Å². The minimum Gasteiger partial charge on any atom is -0.444 e. The fourth-order valence-electron chi connectivity index (χ4n) is 3.10. The Kier molecular flexibility index (Phi) is 4.95. The Balaban J connectivity index is 1.77. The minimum absolute atomic E-state index is 0.261. The molecule has 0 bridgehead atoms. The summed E-state index contributed by atoms with van der Waals surface area (Å²) >= 11 is 0. The highest BCUT2D eigenvalue weighted by atomic mass is 16.6. The van der Waals surface area contributed by atoms with Crippen molar-refractivity contribution in [2.45, 2.75) is 52.2 Å². The highest BCUT2D eigenvalue weighted by Crippen LogP contribution is 2.25. The van der Waals surface area contributed by atoms with Gasteiger partial charge in [-0.15, -0.1) is 0 Å². The van der Waals surface area contributed by atoms with Crippen molar-refractivity contribution in [2.24, 2.45) is 0 Å². The summed E-state index contributed by atoms with van der Waals surface area (Å²) in [5, 5.41) is 0.769. The molecule has 2 aromatic rings. The van der Waals surface area contributed by atoms with Crippen LogP contribution >= 0.6 is 0 Å². The molecule has 0 spiro atoms. The van der Waals surface area contributed by atoms with Crippen LogP contribution < -0.4 is 10.4 Å². The van der Waals surface area contributed by atoms with Crippen LogP contribution in [-0.2, 0) is 9.53 Å². The second kappa shape index (κ2) is 7.06.